The molecule has 2 aliphatic rings. The molecule has 2 heterocycles. The van der Waals surface area contributed by atoms with Gasteiger partial charge in [0, 0.05) is 58.4 Å². The summed E-state index contributed by atoms with van der Waals surface area (Å²) in [4.78, 5) is 27.9. The highest BCUT2D eigenvalue weighted by molar-refractivity contribution is 5.77. The Hall–Kier alpha value is -2.12. The molecule has 1 unspecified atom stereocenters. The Kier molecular flexibility index (Phi) is 7.06. The Morgan fingerprint density at radius 3 is 2.96 bits per heavy atom. The van der Waals surface area contributed by atoms with Crippen LogP contribution in [0.3, 0.4) is 0 Å². The van der Waals surface area contributed by atoms with Gasteiger partial charge in [-0.3, -0.25) is 14.5 Å². The molecule has 7 nitrogen and oxygen atoms in total. The number of hydrogen-bond donors (Lipinski definition) is 1. The molecule has 0 aromatic heterocycles. The fraction of sp³-hybridized carbons (Fsp3) is 0.600. The third-order valence-electron chi connectivity index (χ3n) is 5.10. The molecule has 0 spiro atoms. The highest BCUT2D eigenvalue weighted by Gasteiger charge is 2.19. The minimum Gasteiger partial charge on any atom is -0.483 e. The smallest absolute Gasteiger partial charge is 0.258 e. The van der Waals surface area contributed by atoms with E-state index in [2.05, 4.69) is 10.2 Å². The number of carbonyl (C=O) groups excluding carboxylic acids is 2. The standard InChI is InChI=1S/C20H29N3O4/c1-22-10-11-23(9-8-20(22)25)14-16-5-2-3-7-18(16)27-15-19(24)21-13-17-6-4-12-26-17/h2-3,5,7,17H,4,6,8-15H2,1H3,(H,21,24). The van der Waals surface area contributed by atoms with Crippen LogP contribution in [-0.2, 0) is 20.9 Å². The zero-order valence-corrected chi connectivity index (χ0v) is 16.0. The first kappa shape index (κ1) is 19.6. The lowest BCUT2D eigenvalue weighted by molar-refractivity contribution is -0.129. The van der Waals surface area contributed by atoms with Crippen molar-refractivity contribution < 1.29 is 19.1 Å². The zero-order chi connectivity index (χ0) is 19.1. The summed E-state index contributed by atoms with van der Waals surface area (Å²) >= 11 is 0. The summed E-state index contributed by atoms with van der Waals surface area (Å²) in [5, 5.41) is 2.87. The van der Waals surface area contributed by atoms with Gasteiger partial charge in [0.05, 0.1) is 6.10 Å². The second kappa shape index (κ2) is 9.71. The number of ether oxygens (including phenoxy) is 2. The normalized spacial score (nSPS) is 21.1. The van der Waals surface area contributed by atoms with Gasteiger partial charge in [-0.05, 0) is 18.9 Å². The van der Waals surface area contributed by atoms with Crippen LogP contribution < -0.4 is 10.1 Å². The molecule has 0 radical (unpaired) electrons. The minimum absolute atomic E-state index is 0.00897. The molecule has 0 bridgehead atoms. The molecule has 148 valence electrons. The van der Waals surface area contributed by atoms with Crippen LogP contribution in [0.4, 0.5) is 0 Å². The first-order chi connectivity index (χ1) is 13.1. The summed E-state index contributed by atoms with van der Waals surface area (Å²) in [6.07, 6.45) is 2.72. The van der Waals surface area contributed by atoms with E-state index in [-0.39, 0.29) is 24.5 Å². The van der Waals surface area contributed by atoms with Gasteiger partial charge in [0.1, 0.15) is 5.75 Å². The van der Waals surface area contributed by atoms with Crippen LogP contribution in [0.1, 0.15) is 24.8 Å². The fourth-order valence-electron chi connectivity index (χ4n) is 3.37. The van der Waals surface area contributed by atoms with Crippen LogP contribution in [0.25, 0.3) is 0 Å². The van der Waals surface area contributed by atoms with Gasteiger partial charge < -0.3 is 19.7 Å². The van der Waals surface area contributed by atoms with E-state index in [1.54, 1.807) is 4.90 Å². The van der Waals surface area contributed by atoms with Crippen LogP contribution in [0.5, 0.6) is 5.75 Å². The van der Waals surface area contributed by atoms with Gasteiger partial charge >= 0.3 is 0 Å². The van der Waals surface area contributed by atoms with E-state index in [1.165, 1.54) is 0 Å². The maximum atomic E-state index is 12.0. The molecule has 2 aliphatic heterocycles. The molecule has 2 fully saturated rings. The Bertz CT molecular complexity index is 646. The van der Waals surface area contributed by atoms with Crippen LogP contribution in [-0.4, -0.2) is 74.2 Å². The van der Waals surface area contributed by atoms with Gasteiger partial charge in [0.15, 0.2) is 6.61 Å². The molecule has 1 aromatic carbocycles. The molecular weight excluding hydrogens is 346 g/mol. The van der Waals surface area contributed by atoms with Crippen molar-refractivity contribution >= 4 is 11.8 Å². The van der Waals surface area contributed by atoms with E-state index in [9.17, 15) is 9.59 Å². The Morgan fingerprint density at radius 2 is 2.15 bits per heavy atom. The Balaban J connectivity index is 1.49. The average molecular weight is 375 g/mol. The van der Waals surface area contributed by atoms with Crippen molar-refractivity contribution in [2.45, 2.75) is 31.9 Å². The lowest BCUT2D eigenvalue weighted by Gasteiger charge is -2.21. The van der Waals surface area contributed by atoms with Crippen LogP contribution in [0.2, 0.25) is 0 Å². The van der Waals surface area contributed by atoms with Crippen molar-refractivity contribution in [1.29, 1.82) is 0 Å². The van der Waals surface area contributed by atoms with Gasteiger partial charge in [-0.1, -0.05) is 18.2 Å². The number of nitrogens with one attached hydrogen (secondary N) is 1. The van der Waals surface area contributed by atoms with Gasteiger partial charge in [0.25, 0.3) is 5.91 Å². The number of likely N-dealkylation sites (N-methyl/N-ethyl adjacent to an activating group) is 1. The highest BCUT2D eigenvalue weighted by atomic mass is 16.5. The molecule has 7 heteroatoms. The largest absolute Gasteiger partial charge is 0.483 e. The molecule has 27 heavy (non-hydrogen) atoms. The second-order valence-corrected chi connectivity index (χ2v) is 7.18. The van der Waals surface area contributed by atoms with Gasteiger partial charge in [-0.25, -0.2) is 0 Å². The van der Waals surface area contributed by atoms with E-state index in [4.69, 9.17) is 9.47 Å². The van der Waals surface area contributed by atoms with E-state index in [0.717, 1.165) is 44.6 Å². The molecular formula is C20H29N3O4. The number of nitrogens with zero attached hydrogens (tertiary/aromatic N) is 2. The van der Waals surface area contributed by atoms with Crippen LogP contribution in [0.15, 0.2) is 24.3 Å². The van der Waals surface area contributed by atoms with E-state index in [1.807, 2.05) is 31.3 Å². The first-order valence-electron chi connectivity index (χ1n) is 9.67. The average Bonchev–Trinajstić information content (AvgIpc) is 3.15. The second-order valence-electron chi connectivity index (χ2n) is 7.18. The summed E-state index contributed by atoms with van der Waals surface area (Å²) in [6, 6.07) is 7.77. The predicted octanol–water partition coefficient (Wildman–Crippen LogP) is 1.02. The van der Waals surface area contributed by atoms with E-state index < -0.39 is 0 Å². The third-order valence-corrected chi connectivity index (χ3v) is 5.10. The van der Waals surface area contributed by atoms with Crippen molar-refractivity contribution in [3.05, 3.63) is 29.8 Å². The minimum atomic E-state index is -0.137. The molecule has 0 aliphatic carbocycles. The lowest BCUT2D eigenvalue weighted by atomic mass is 10.2. The number of carbonyl (C=O) groups is 2. The first-order valence-corrected chi connectivity index (χ1v) is 9.67. The highest BCUT2D eigenvalue weighted by Crippen LogP contribution is 2.20. The molecule has 0 saturated carbocycles. The Labute approximate surface area is 160 Å². The third kappa shape index (κ3) is 5.94. The fourth-order valence-corrected chi connectivity index (χ4v) is 3.37. The topological polar surface area (TPSA) is 71.1 Å². The lowest BCUT2D eigenvalue weighted by Crippen LogP contribution is -2.35. The Morgan fingerprint density at radius 1 is 1.30 bits per heavy atom. The molecule has 1 atom stereocenters. The van der Waals surface area contributed by atoms with Crippen molar-refractivity contribution in [3.63, 3.8) is 0 Å². The van der Waals surface area contributed by atoms with Crippen LogP contribution in [0, 0.1) is 0 Å². The maximum absolute atomic E-state index is 12.0. The number of hydrogen-bond acceptors (Lipinski definition) is 5. The van der Waals surface area contributed by atoms with Crippen LogP contribution >= 0.6 is 0 Å². The number of para-hydroxylation sites is 1. The maximum Gasteiger partial charge on any atom is 0.258 e. The van der Waals surface area contributed by atoms with E-state index in [0.29, 0.717) is 25.3 Å². The molecule has 2 amide bonds. The van der Waals surface area contributed by atoms with Gasteiger partial charge in [-0.2, -0.15) is 0 Å². The zero-order valence-electron chi connectivity index (χ0n) is 16.0. The molecule has 2 saturated heterocycles. The summed E-state index contributed by atoms with van der Waals surface area (Å²) in [5.41, 5.74) is 1.03. The number of rotatable bonds is 7. The number of amides is 2. The summed E-state index contributed by atoms with van der Waals surface area (Å²) in [6.45, 7) is 4.31. The van der Waals surface area contributed by atoms with E-state index >= 15 is 0 Å². The van der Waals surface area contributed by atoms with Gasteiger partial charge in [-0.15, -0.1) is 0 Å². The van der Waals surface area contributed by atoms with Gasteiger partial charge in [0.2, 0.25) is 5.91 Å². The van der Waals surface area contributed by atoms with Crippen molar-refractivity contribution in [2.75, 3.05) is 46.4 Å². The SMILES string of the molecule is CN1CCN(Cc2ccccc2OCC(=O)NCC2CCCO2)CCC1=O. The quantitative estimate of drug-likeness (QED) is 0.771. The summed E-state index contributed by atoms with van der Waals surface area (Å²) < 4.78 is 11.3. The molecule has 1 aromatic rings. The van der Waals surface area contributed by atoms with Crippen molar-refractivity contribution in [2.24, 2.45) is 0 Å². The van der Waals surface area contributed by atoms with Crippen molar-refractivity contribution in [1.82, 2.24) is 15.1 Å². The molecule has 1 N–H and O–H groups in total. The summed E-state index contributed by atoms with van der Waals surface area (Å²) in [5.74, 6) is 0.765. The van der Waals surface area contributed by atoms with Crippen molar-refractivity contribution in [3.8, 4) is 5.75 Å². The monoisotopic (exact) mass is 375 g/mol. The molecule has 3 rings (SSSR count). The predicted molar refractivity (Wildman–Crippen MR) is 101 cm³/mol. The summed E-state index contributed by atoms with van der Waals surface area (Å²) in [7, 11) is 1.85. The number of benzene rings is 1.